The van der Waals surface area contributed by atoms with Gasteiger partial charge >= 0.3 is 0 Å². The molecule has 0 spiro atoms. The van der Waals surface area contributed by atoms with Crippen LogP contribution < -0.4 is 11.5 Å². The van der Waals surface area contributed by atoms with Crippen LogP contribution in [0.1, 0.15) is 11.9 Å². The number of primary amides is 1. The molecule has 0 aliphatic heterocycles. The van der Waals surface area contributed by atoms with Crippen molar-refractivity contribution in [3.05, 3.63) is 28.8 Å². The third kappa shape index (κ3) is 1.71. The Hall–Kier alpha value is -1.47. The van der Waals surface area contributed by atoms with E-state index in [0.717, 1.165) is 10.1 Å². The predicted octanol–water partition coefficient (Wildman–Crippen LogP) is -0.0231. The lowest BCUT2D eigenvalue weighted by atomic mass is 10.3. The molecule has 15 heavy (non-hydrogen) atoms. The Morgan fingerprint density at radius 1 is 1.53 bits per heavy atom. The van der Waals surface area contributed by atoms with Crippen molar-refractivity contribution in [1.29, 1.82) is 0 Å². The van der Waals surface area contributed by atoms with Gasteiger partial charge in [0.05, 0.1) is 11.7 Å². The molecule has 0 aromatic carbocycles. The number of rotatable bonds is 2. The zero-order chi connectivity index (χ0) is 11.0. The van der Waals surface area contributed by atoms with Crippen LogP contribution in [0.4, 0.5) is 0 Å². The number of halogens is 1. The van der Waals surface area contributed by atoms with Gasteiger partial charge in [-0.1, -0.05) is 0 Å². The molecule has 0 fully saturated rings. The second kappa shape index (κ2) is 3.59. The van der Waals surface area contributed by atoms with E-state index in [0.29, 0.717) is 0 Å². The van der Waals surface area contributed by atoms with Gasteiger partial charge in [-0.3, -0.25) is 4.79 Å². The Bertz CT molecular complexity index is 523. The van der Waals surface area contributed by atoms with Crippen molar-refractivity contribution in [2.24, 2.45) is 11.5 Å². The fraction of sp³-hybridized carbons (Fsp3) is 0.125. The van der Waals surface area contributed by atoms with E-state index >= 15 is 0 Å². The Kier molecular flexibility index (Phi) is 2.41. The van der Waals surface area contributed by atoms with Gasteiger partial charge in [-0.25, -0.2) is 9.50 Å². The first-order valence-corrected chi connectivity index (χ1v) is 4.94. The monoisotopic (exact) mass is 269 g/mol. The van der Waals surface area contributed by atoms with E-state index in [9.17, 15) is 4.79 Å². The highest BCUT2D eigenvalue weighted by Gasteiger charge is 2.16. The van der Waals surface area contributed by atoms with Gasteiger partial charge in [0.2, 0.25) is 5.91 Å². The van der Waals surface area contributed by atoms with Crippen LogP contribution in [0.5, 0.6) is 0 Å². The molecule has 0 radical (unpaired) electrons. The van der Waals surface area contributed by atoms with Crippen molar-refractivity contribution < 1.29 is 4.79 Å². The highest BCUT2D eigenvalue weighted by molar-refractivity contribution is 9.10. The van der Waals surface area contributed by atoms with Crippen molar-refractivity contribution in [2.75, 3.05) is 0 Å². The molecule has 2 aromatic heterocycles. The summed E-state index contributed by atoms with van der Waals surface area (Å²) in [6.45, 7) is 0. The molecule has 2 heterocycles. The van der Waals surface area contributed by atoms with E-state index in [4.69, 9.17) is 11.5 Å². The average Bonchev–Trinajstić information content (AvgIpc) is 2.59. The number of hydrogen-bond acceptors (Lipinski definition) is 4. The predicted molar refractivity (Wildman–Crippen MR) is 56.8 cm³/mol. The van der Waals surface area contributed by atoms with Crippen LogP contribution in [0.15, 0.2) is 22.9 Å². The second-order valence-corrected chi connectivity index (χ2v) is 3.80. The molecule has 1 amide bonds. The van der Waals surface area contributed by atoms with E-state index in [2.05, 4.69) is 26.0 Å². The third-order valence-corrected chi connectivity index (χ3v) is 2.56. The van der Waals surface area contributed by atoms with Crippen LogP contribution in [0.25, 0.3) is 5.52 Å². The van der Waals surface area contributed by atoms with Gasteiger partial charge in [-0.05, 0) is 28.1 Å². The zero-order valence-corrected chi connectivity index (χ0v) is 9.18. The molecule has 0 saturated heterocycles. The molecule has 0 aliphatic carbocycles. The molecule has 0 bridgehead atoms. The average molecular weight is 270 g/mol. The fourth-order valence-electron chi connectivity index (χ4n) is 1.15. The Morgan fingerprint density at radius 2 is 2.27 bits per heavy atom. The number of carbonyl (C=O) groups excluding carboxylic acids is 1. The van der Waals surface area contributed by atoms with Crippen molar-refractivity contribution in [2.45, 2.75) is 6.04 Å². The summed E-state index contributed by atoms with van der Waals surface area (Å²) < 4.78 is 2.35. The largest absolute Gasteiger partial charge is 0.368 e. The molecule has 1 atom stereocenters. The lowest BCUT2D eigenvalue weighted by molar-refractivity contribution is -0.119. The van der Waals surface area contributed by atoms with E-state index in [-0.39, 0.29) is 5.82 Å². The number of amides is 1. The molecular weight excluding hydrogens is 262 g/mol. The maximum atomic E-state index is 10.9. The van der Waals surface area contributed by atoms with Crippen molar-refractivity contribution >= 4 is 27.4 Å². The SMILES string of the molecule is NC(=O)C(N)c1ncc2ccc(Br)n2n1. The normalized spacial score (nSPS) is 12.9. The van der Waals surface area contributed by atoms with E-state index < -0.39 is 11.9 Å². The van der Waals surface area contributed by atoms with Gasteiger partial charge in [0, 0.05) is 0 Å². The summed E-state index contributed by atoms with van der Waals surface area (Å²) in [5, 5.41) is 4.09. The summed E-state index contributed by atoms with van der Waals surface area (Å²) in [7, 11) is 0. The third-order valence-electron chi connectivity index (χ3n) is 1.95. The summed E-state index contributed by atoms with van der Waals surface area (Å²) in [6, 6.07) is 2.68. The molecule has 0 saturated carbocycles. The second-order valence-electron chi connectivity index (χ2n) is 2.99. The first kappa shape index (κ1) is 10.1. The van der Waals surface area contributed by atoms with Crippen molar-refractivity contribution in [3.63, 3.8) is 0 Å². The highest BCUT2D eigenvalue weighted by atomic mass is 79.9. The molecule has 78 valence electrons. The number of nitrogens with two attached hydrogens (primary N) is 2. The fourth-order valence-corrected chi connectivity index (χ4v) is 1.57. The summed E-state index contributed by atoms with van der Waals surface area (Å²) >= 11 is 3.30. The molecule has 1 unspecified atom stereocenters. The minimum Gasteiger partial charge on any atom is -0.368 e. The van der Waals surface area contributed by atoms with E-state index in [1.54, 1.807) is 10.7 Å². The Balaban J connectivity index is 2.54. The van der Waals surface area contributed by atoms with Crippen molar-refractivity contribution in [1.82, 2.24) is 14.6 Å². The highest BCUT2D eigenvalue weighted by Crippen LogP contribution is 2.14. The Labute approximate surface area is 93.4 Å². The molecular formula is C8H8BrN5O. The van der Waals surface area contributed by atoms with Crippen LogP contribution in [0.2, 0.25) is 0 Å². The van der Waals surface area contributed by atoms with Crippen LogP contribution in [-0.2, 0) is 4.79 Å². The van der Waals surface area contributed by atoms with Gasteiger partial charge in [0.1, 0.15) is 10.6 Å². The summed E-state index contributed by atoms with van der Waals surface area (Å²) in [6.07, 6.45) is 1.58. The van der Waals surface area contributed by atoms with Gasteiger partial charge in [-0.2, -0.15) is 0 Å². The maximum absolute atomic E-state index is 10.9. The molecule has 0 aliphatic rings. The zero-order valence-electron chi connectivity index (χ0n) is 7.59. The van der Waals surface area contributed by atoms with Crippen LogP contribution in [-0.4, -0.2) is 20.5 Å². The standard InChI is InChI=1S/C8H8BrN5O/c9-5-2-1-4-3-12-8(13-14(4)5)6(10)7(11)15/h1-3,6H,10H2,(H2,11,15). The van der Waals surface area contributed by atoms with Gasteiger partial charge < -0.3 is 11.5 Å². The van der Waals surface area contributed by atoms with E-state index in [1.807, 2.05) is 12.1 Å². The van der Waals surface area contributed by atoms with Gasteiger partial charge in [-0.15, -0.1) is 5.10 Å². The topological polar surface area (TPSA) is 99.3 Å². The molecule has 2 rings (SSSR count). The Morgan fingerprint density at radius 3 is 2.93 bits per heavy atom. The molecule has 4 N–H and O–H groups in total. The summed E-state index contributed by atoms with van der Waals surface area (Å²) in [5.74, 6) is -0.454. The van der Waals surface area contributed by atoms with Crippen LogP contribution in [0, 0.1) is 0 Å². The number of nitrogens with zero attached hydrogens (tertiary/aromatic N) is 3. The molecule has 6 nitrogen and oxygen atoms in total. The number of hydrogen-bond donors (Lipinski definition) is 2. The number of aromatic nitrogens is 3. The minimum absolute atomic E-state index is 0.201. The van der Waals surface area contributed by atoms with Crippen molar-refractivity contribution in [3.8, 4) is 0 Å². The first-order valence-electron chi connectivity index (χ1n) is 4.14. The molecule has 2 aromatic rings. The van der Waals surface area contributed by atoms with Gasteiger partial charge in [0.15, 0.2) is 5.82 Å². The van der Waals surface area contributed by atoms with E-state index in [1.165, 1.54) is 0 Å². The molecule has 7 heteroatoms. The number of carbonyl (C=O) groups is 1. The van der Waals surface area contributed by atoms with Gasteiger partial charge in [0.25, 0.3) is 0 Å². The lowest BCUT2D eigenvalue weighted by Gasteiger charge is -2.05. The minimum atomic E-state index is -0.983. The smallest absolute Gasteiger partial charge is 0.242 e. The lowest BCUT2D eigenvalue weighted by Crippen LogP contribution is -2.30. The summed E-state index contributed by atoms with van der Waals surface area (Å²) in [4.78, 5) is 14.8. The quantitative estimate of drug-likeness (QED) is 0.800. The maximum Gasteiger partial charge on any atom is 0.242 e. The first-order chi connectivity index (χ1) is 7.09. The summed E-state index contributed by atoms with van der Waals surface area (Å²) in [5.41, 5.74) is 11.4. The van der Waals surface area contributed by atoms with Crippen LogP contribution >= 0.6 is 15.9 Å². The number of fused-ring (bicyclic) bond motifs is 1. The van der Waals surface area contributed by atoms with Crippen LogP contribution in [0.3, 0.4) is 0 Å².